The van der Waals surface area contributed by atoms with E-state index in [9.17, 15) is 14.4 Å². The summed E-state index contributed by atoms with van der Waals surface area (Å²) in [5, 5.41) is 0. The highest BCUT2D eigenvalue weighted by molar-refractivity contribution is 8.30. The number of carbonyl (C=O) groups excluding carboxylic acids is 2. The van der Waals surface area contributed by atoms with Crippen LogP contribution in [-0.4, -0.2) is 44.9 Å². The number of benzene rings is 4. The summed E-state index contributed by atoms with van der Waals surface area (Å²) < 4.78 is 8.05. The number of thioether (sulfide) groups is 1. The highest BCUT2D eigenvalue weighted by Gasteiger charge is 2.42. The fourth-order valence-corrected chi connectivity index (χ4v) is 11.4. The van der Waals surface area contributed by atoms with E-state index in [1.165, 1.54) is 80.6 Å². The molecule has 8 rings (SSSR count). The molecule has 3 heterocycles. The van der Waals surface area contributed by atoms with Gasteiger partial charge in [0.05, 0.1) is 11.1 Å². The van der Waals surface area contributed by atoms with Gasteiger partial charge in [0.15, 0.2) is 0 Å². The molecule has 4 aromatic carbocycles. The second kappa shape index (κ2) is 19.1. The molecule has 0 N–H and O–H groups in total. The maximum absolute atomic E-state index is 14.1. The molecule has 7 nitrogen and oxygen atoms in total. The van der Waals surface area contributed by atoms with Gasteiger partial charge in [-0.25, -0.2) is 0 Å². The van der Waals surface area contributed by atoms with Gasteiger partial charge in [0.25, 0.3) is 11.5 Å². The number of thiocarbonyl (C=S) groups is 1. The molecule has 0 bridgehead atoms. The number of hydrogen-bond donors (Lipinski definition) is 0. The van der Waals surface area contributed by atoms with Crippen LogP contribution in [0.25, 0.3) is 22.6 Å². The fourth-order valence-electron chi connectivity index (χ4n) is 8.86. The predicted octanol–water partition coefficient (Wildman–Crippen LogP) is 10.0. The van der Waals surface area contributed by atoms with Crippen molar-refractivity contribution in [3.05, 3.63) is 150 Å². The minimum absolute atomic E-state index is 0.200. The van der Waals surface area contributed by atoms with Crippen LogP contribution >= 0.6 is 35.3 Å². The number of aromatic nitrogens is 1. The lowest BCUT2D eigenvalue weighted by Crippen LogP contribution is -2.36. The molecule has 3 aliphatic rings. The summed E-state index contributed by atoms with van der Waals surface area (Å²) in [7, 11) is 0. The topological polar surface area (TPSA) is 71.9 Å². The first-order valence-electron chi connectivity index (χ1n) is 21.3. The van der Waals surface area contributed by atoms with E-state index in [1.54, 1.807) is 11.8 Å². The van der Waals surface area contributed by atoms with Crippen molar-refractivity contribution in [3.8, 4) is 0 Å². The zero-order valence-corrected chi connectivity index (χ0v) is 36.8. The van der Waals surface area contributed by atoms with Crippen LogP contribution in [0.1, 0.15) is 105 Å². The van der Waals surface area contributed by atoms with Crippen molar-refractivity contribution in [2.75, 3.05) is 18.1 Å². The molecule has 5 aromatic rings. The lowest BCUT2D eigenvalue weighted by molar-refractivity contribution is -0.143. The monoisotopic (exact) mass is 853 g/mol. The van der Waals surface area contributed by atoms with E-state index in [1.807, 2.05) is 18.2 Å². The van der Waals surface area contributed by atoms with Gasteiger partial charge in [0.2, 0.25) is 0 Å². The van der Waals surface area contributed by atoms with E-state index >= 15 is 0 Å². The maximum Gasteiger partial charge on any atom is 0.326 e. The number of fused-ring (bicyclic) bond motifs is 3. The van der Waals surface area contributed by atoms with Crippen LogP contribution in [0.5, 0.6) is 0 Å². The molecule has 0 radical (unpaired) electrons. The molecule has 2 aliphatic heterocycles. The largest absolute Gasteiger partial charge is 0.465 e. The lowest BCUT2D eigenvalue weighted by Gasteiger charge is -2.27. The van der Waals surface area contributed by atoms with Crippen LogP contribution in [0.2, 0.25) is 0 Å². The van der Waals surface area contributed by atoms with Crippen molar-refractivity contribution in [1.29, 1.82) is 0 Å². The molecule has 0 spiro atoms. The number of rotatable bonds is 15. The third-order valence-electron chi connectivity index (χ3n) is 11.8. The van der Waals surface area contributed by atoms with Gasteiger partial charge in [-0.3, -0.25) is 23.9 Å². The van der Waals surface area contributed by atoms with Crippen LogP contribution in [-0.2, 0) is 20.9 Å². The third kappa shape index (κ3) is 8.87. The Hall–Kier alpha value is -5.03. The standard InChI is InChI=1S/C50H51N3O4S3/c1-3-5-6-7-8-15-29-51-48(56)46(60-50(51)58)49-52(33-45(54)57-4-2)47(55)44(59-49)32-35-25-28-43-41(31-35)39-21-16-22-42(39)53(43)38-26-23-34(24-27-38)30-40(36-17-11-9-12-18-36)37-19-13-10-14-20-37/h9-14,17-20,23-28,30-32,39,42H,3-8,15-16,21-22,29,33H2,1-2H3. The number of anilines is 2. The number of hydrogen-bond acceptors (Lipinski definition) is 8. The summed E-state index contributed by atoms with van der Waals surface area (Å²) in [6, 6.07) is 36.8. The van der Waals surface area contributed by atoms with Gasteiger partial charge in [-0.2, -0.15) is 0 Å². The number of nitrogens with zero attached hydrogens (tertiary/aromatic N) is 3. The second-order valence-electron chi connectivity index (χ2n) is 15.7. The number of unbranched alkanes of at least 4 members (excludes halogenated alkanes) is 5. The first-order valence-corrected chi connectivity index (χ1v) is 23.4. The molecule has 2 atom stereocenters. The van der Waals surface area contributed by atoms with Crippen LogP contribution < -0.4 is 19.7 Å². The lowest BCUT2D eigenvalue weighted by atomic mass is 9.95. The molecular weight excluding hydrogens is 803 g/mol. The highest BCUT2D eigenvalue weighted by atomic mass is 32.2. The fraction of sp³-hybridized carbons (Fsp3) is 0.320. The van der Waals surface area contributed by atoms with Crippen molar-refractivity contribution in [2.24, 2.45) is 0 Å². The zero-order chi connectivity index (χ0) is 41.6. The van der Waals surface area contributed by atoms with Gasteiger partial charge in [-0.1, -0.05) is 148 Å². The molecule has 308 valence electrons. The van der Waals surface area contributed by atoms with Crippen molar-refractivity contribution < 1.29 is 14.3 Å². The predicted molar refractivity (Wildman–Crippen MR) is 252 cm³/mol. The van der Waals surface area contributed by atoms with Gasteiger partial charge < -0.3 is 9.64 Å². The van der Waals surface area contributed by atoms with E-state index < -0.39 is 5.97 Å². The molecular formula is C50H51N3O4S3. The van der Waals surface area contributed by atoms with Crippen molar-refractivity contribution in [3.63, 3.8) is 0 Å². The molecule has 2 fully saturated rings. The Morgan fingerprint density at radius 1 is 0.833 bits per heavy atom. The van der Waals surface area contributed by atoms with E-state index in [0.29, 0.717) is 36.9 Å². The Labute approximate surface area is 366 Å². The third-order valence-corrected chi connectivity index (χ3v) is 14.4. The SMILES string of the molecule is CCCCCCCCN1C(=O)C(=c2sc(=Cc3ccc4c(c3)C3CCCC3N4c3ccc(C=C(c4ccccc4)c4ccccc4)cc3)c(=O)n2CC(=O)OCC)SC1=S. The minimum Gasteiger partial charge on any atom is -0.465 e. The summed E-state index contributed by atoms with van der Waals surface area (Å²) in [6.45, 7) is 4.41. The zero-order valence-electron chi connectivity index (χ0n) is 34.3. The normalized spacial score (nSPS) is 18.3. The van der Waals surface area contributed by atoms with Crippen LogP contribution in [0.4, 0.5) is 11.4 Å². The van der Waals surface area contributed by atoms with Crippen molar-refractivity contribution >= 4 is 85.5 Å². The Kier molecular flexibility index (Phi) is 13.3. The quantitative estimate of drug-likeness (QED) is 0.0450. The molecule has 10 heteroatoms. The summed E-state index contributed by atoms with van der Waals surface area (Å²) >= 11 is 8.14. The Bertz CT molecular complexity index is 2540. The number of esters is 1. The average molecular weight is 854 g/mol. The Balaban J connectivity index is 1.10. The number of thiazole rings is 1. The first kappa shape index (κ1) is 41.7. The van der Waals surface area contributed by atoms with Gasteiger partial charge in [-0.15, -0.1) is 11.3 Å². The first-order chi connectivity index (χ1) is 29.3. The van der Waals surface area contributed by atoms with Crippen LogP contribution in [0.3, 0.4) is 0 Å². The van der Waals surface area contributed by atoms with Gasteiger partial charge in [-0.05, 0) is 96.0 Å². The Morgan fingerprint density at radius 3 is 2.22 bits per heavy atom. The molecule has 1 saturated carbocycles. The summed E-state index contributed by atoms with van der Waals surface area (Å²) in [5.74, 6) is -0.336. The van der Waals surface area contributed by atoms with Crippen molar-refractivity contribution in [1.82, 2.24) is 9.47 Å². The summed E-state index contributed by atoms with van der Waals surface area (Å²) in [6.07, 6.45) is 14.2. The molecule has 1 amide bonds. The minimum atomic E-state index is -0.519. The average Bonchev–Trinajstić information content (AvgIpc) is 4.01. The second-order valence-corrected chi connectivity index (χ2v) is 18.4. The molecule has 1 saturated heterocycles. The van der Waals surface area contributed by atoms with Gasteiger partial charge >= 0.3 is 5.97 Å². The smallest absolute Gasteiger partial charge is 0.326 e. The molecule has 1 aromatic heterocycles. The summed E-state index contributed by atoms with van der Waals surface area (Å²) in [5.41, 5.74) is 8.94. The summed E-state index contributed by atoms with van der Waals surface area (Å²) in [4.78, 5) is 45.3. The van der Waals surface area contributed by atoms with E-state index in [2.05, 4.69) is 109 Å². The van der Waals surface area contributed by atoms with E-state index in [0.717, 1.165) is 49.7 Å². The molecule has 60 heavy (non-hydrogen) atoms. The van der Waals surface area contributed by atoms with Gasteiger partial charge in [0, 0.05) is 29.9 Å². The van der Waals surface area contributed by atoms with Crippen LogP contribution in [0, 0.1) is 0 Å². The van der Waals surface area contributed by atoms with Crippen molar-refractivity contribution in [2.45, 2.75) is 90.1 Å². The highest BCUT2D eigenvalue weighted by Crippen LogP contribution is 2.52. The van der Waals surface area contributed by atoms with Crippen LogP contribution in [0.15, 0.2) is 108 Å². The number of carbonyl (C=O) groups is 2. The molecule has 2 unspecified atom stereocenters. The van der Waals surface area contributed by atoms with E-state index in [-0.39, 0.29) is 24.6 Å². The molecule has 1 aliphatic carbocycles. The van der Waals surface area contributed by atoms with E-state index in [4.69, 9.17) is 17.0 Å². The number of amides is 1. The Morgan fingerprint density at radius 2 is 1.52 bits per heavy atom. The maximum atomic E-state index is 14.1. The number of ether oxygens (including phenoxy) is 1. The van der Waals surface area contributed by atoms with Gasteiger partial charge in [0.1, 0.15) is 20.4 Å².